The number of aliphatic hydroxyl groups excluding tert-OH is 1. The van der Waals surface area contributed by atoms with Gasteiger partial charge in [0.15, 0.2) is 5.82 Å². The van der Waals surface area contributed by atoms with Crippen LogP contribution in [-0.4, -0.2) is 42.5 Å². The molecule has 3 heterocycles. The lowest BCUT2D eigenvalue weighted by molar-refractivity contribution is 0.281. The Hall–Kier alpha value is -3.45. The Balaban J connectivity index is 1.47. The highest BCUT2D eigenvalue weighted by molar-refractivity contribution is 5.61. The first kappa shape index (κ1) is 22.3. The van der Waals surface area contributed by atoms with E-state index in [9.17, 15) is 5.11 Å². The van der Waals surface area contributed by atoms with Gasteiger partial charge in [0.1, 0.15) is 0 Å². The molecule has 2 aromatic carbocycles. The van der Waals surface area contributed by atoms with Crippen LogP contribution in [0.15, 0.2) is 61.1 Å². The maximum Gasteiger partial charge on any atom is 0.224 e. The number of benzene rings is 2. The van der Waals surface area contributed by atoms with Crippen molar-refractivity contribution in [3.63, 3.8) is 0 Å². The van der Waals surface area contributed by atoms with Crippen molar-refractivity contribution in [3.8, 4) is 17.1 Å². The molecule has 0 saturated carbocycles. The van der Waals surface area contributed by atoms with Gasteiger partial charge in [0.2, 0.25) is 5.95 Å². The minimum absolute atomic E-state index is 0.0664. The van der Waals surface area contributed by atoms with Crippen molar-refractivity contribution >= 4 is 5.95 Å². The normalized spacial score (nSPS) is 16.4. The predicted octanol–water partition coefficient (Wildman–Crippen LogP) is 4.90. The molecule has 1 atom stereocenters. The zero-order valence-electron chi connectivity index (χ0n) is 20.1. The number of aromatic nitrogens is 5. The second kappa shape index (κ2) is 9.43. The molecule has 2 aromatic heterocycles. The topological polar surface area (TPSA) is 72.0 Å². The van der Waals surface area contributed by atoms with Gasteiger partial charge in [-0.3, -0.25) is 0 Å². The first-order valence-corrected chi connectivity index (χ1v) is 12.0. The van der Waals surface area contributed by atoms with Crippen molar-refractivity contribution < 1.29 is 5.11 Å². The van der Waals surface area contributed by atoms with Gasteiger partial charge in [-0.25, -0.2) is 9.67 Å². The molecular formula is C27H32N6O. The minimum Gasteiger partial charge on any atom is -0.392 e. The molecule has 0 amide bonds. The molecule has 176 valence electrons. The van der Waals surface area contributed by atoms with Gasteiger partial charge in [-0.1, -0.05) is 30.3 Å². The van der Waals surface area contributed by atoms with Gasteiger partial charge in [0.05, 0.1) is 30.4 Å². The number of anilines is 1. The van der Waals surface area contributed by atoms with Crippen LogP contribution >= 0.6 is 0 Å². The minimum atomic E-state index is -0.0664. The van der Waals surface area contributed by atoms with Crippen LogP contribution in [0.2, 0.25) is 0 Å². The molecule has 34 heavy (non-hydrogen) atoms. The van der Waals surface area contributed by atoms with E-state index in [4.69, 9.17) is 10.1 Å². The molecule has 7 nitrogen and oxygen atoms in total. The largest absolute Gasteiger partial charge is 0.392 e. The Kier molecular flexibility index (Phi) is 6.20. The zero-order valence-corrected chi connectivity index (χ0v) is 20.1. The summed E-state index contributed by atoms with van der Waals surface area (Å²) in [5, 5.41) is 15.0. The van der Waals surface area contributed by atoms with Crippen LogP contribution in [0.1, 0.15) is 55.5 Å². The summed E-state index contributed by atoms with van der Waals surface area (Å²) >= 11 is 0. The first-order chi connectivity index (χ1) is 16.5. The smallest absolute Gasteiger partial charge is 0.224 e. The van der Waals surface area contributed by atoms with Gasteiger partial charge in [0.25, 0.3) is 0 Å². The molecule has 4 aromatic rings. The Morgan fingerprint density at radius 1 is 1.12 bits per heavy atom. The van der Waals surface area contributed by atoms with Gasteiger partial charge in [0, 0.05) is 36.3 Å². The van der Waals surface area contributed by atoms with E-state index < -0.39 is 0 Å². The molecular weight excluding hydrogens is 424 g/mol. The highest BCUT2D eigenvalue weighted by atomic mass is 16.3. The van der Waals surface area contributed by atoms with Crippen molar-refractivity contribution in [1.82, 2.24) is 24.3 Å². The van der Waals surface area contributed by atoms with Crippen LogP contribution < -0.4 is 4.90 Å². The summed E-state index contributed by atoms with van der Waals surface area (Å²) in [7, 11) is 0. The molecule has 0 aliphatic carbocycles. The monoisotopic (exact) mass is 456 g/mol. The van der Waals surface area contributed by atoms with Gasteiger partial charge >= 0.3 is 0 Å². The van der Waals surface area contributed by atoms with Crippen molar-refractivity contribution in [2.75, 3.05) is 18.0 Å². The molecule has 1 saturated heterocycles. The molecule has 0 spiro atoms. The maximum absolute atomic E-state index is 10.1. The zero-order chi connectivity index (χ0) is 23.7. The molecule has 0 bridgehead atoms. The summed E-state index contributed by atoms with van der Waals surface area (Å²) in [6.45, 7) is 8.10. The number of imidazole rings is 1. The molecule has 7 heteroatoms. The fourth-order valence-corrected chi connectivity index (χ4v) is 4.81. The average Bonchev–Trinajstić information content (AvgIpc) is 3.51. The molecule has 1 aliphatic rings. The van der Waals surface area contributed by atoms with E-state index in [-0.39, 0.29) is 12.6 Å². The van der Waals surface area contributed by atoms with Gasteiger partial charge in [-0.05, 0) is 57.4 Å². The molecule has 1 aliphatic heterocycles. The SMILES string of the molecule is Cc1cn(-c2ccc(-c3nc(N4CCCC(c5ccccc5)C4)n(C(C)C)n3)cc2CO)cn1. The molecule has 5 rings (SSSR count). The summed E-state index contributed by atoms with van der Waals surface area (Å²) < 4.78 is 3.97. The lowest BCUT2D eigenvalue weighted by atomic mass is 9.91. The summed E-state index contributed by atoms with van der Waals surface area (Å²) in [4.78, 5) is 11.7. The summed E-state index contributed by atoms with van der Waals surface area (Å²) in [6.07, 6.45) is 6.05. The molecule has 0 radical (unpaired) electrons. The Morgan fingerprint density at radius 3 is 2.65 bits per heavy atom. The highest BCUT2D eigenvalue weighted by Crippen LogP contribution is 2.32. The number of piperidine rings is 1. The molecule has 1 N–H and O–H groups in total. The van der Waals surface area contributed by atoms with Gasteiger partial charge in [-0.2, -0.15) is 4.98 Å². The number of nitrogens with zero attached hydrogens (tertiary/aromatic N) is 6. The van der Waals surface area contributed by atoms with Crippen molar-refractivity contribution in [3.05, 3.63) is 77.9 Å². The van der Waals surface area contributed by atoms with E-state index in [2.05, 4.69) is 54.1 Å². The van der Waals surface area contributed by atoms with E-state index >= 15 is 0 Å². The van der Waals surface area contributed by atoms with E-state index in [1.54, 1.807) is 6.33 Å². The number of aliphatic hydroxyl groups is 1. The first-order valence-electron chi connectivity index (χ1n) is 12.0. The Bertz CT molecular complexity index is 1260. The average molecular weight is 457 g/mol. The van der Waals surface area contributed by atoms with Crippen molar-refractivity contribution in [1.29, 1.82) is 0 Å². The van der Waals surface area contributed by atoms with E-state index in [0.29, 0.717) is 11.7 Å². The second-order valence-electron chi connectivity index (χ2n) is 9.39. The number of hydrogen-bond donors (Lipinski definition) is 1. The summed E-state index contributed by atoms with van der Waals surface area (Å²) in [6, 6.07) is 17.0. The van der Waals surface area contributed by atoms with E-state index in [1.165, 1.54) is 12.0 Å². The quantitative estimate of drug-likeness (QED) is 0.447. The van der Waals surface area contributed by atoms with Gasteiger partial charge < -0.3 is 14.6 Å². The number of hydrogen-bond acceptors (Lipinski definition) is 5. The van der Waals surface area contributed by atoms with Crippen molar-refractivity contribution in [2.24, 2.45) is 0 Å². The van der Waals surface area contributed by atoms with E-state index in [0.717, 1.165) is 48.0 Å². The number of rotatable bonds is 6. The lowest BCUT2D eigenvalue weighted by Crippen LogP contribution is -2.36. The van der Waals surface area contributed by atoms with E-state index in [1.807, 2.05) is 40.6 Å². The standard InChI is InChI=1S/C27H32N6O/c1-19(2)33-27(31-13-7-10-23(16-31)21-8-5-4-6-9-21)29-26(30-33)22-11-12-25(24(14-22)17-34)32-15-20(3)28-18-32/h4-6,8-9,11-12,14-15,18-19,23,34H,7,10,13,16-17H2,1-3H3. The van der Waals surface area contributed by atoms with Crippen LogP contribution in [0, 0.1) is 6.92 Å². The van der Waals surface area contributed by atoms with Crippen LogP contribution in [0.5, 0.6) is 0 Å². The fraction of sp³-hybridized carbons (Fsp3) is 0.370. The summed E-state index contributed by atoms with van der Waals surface area (Å²) in [5.41, 5.74) is 4.96. The second-order valence-corrected chi connectivity index (χ2v) is 9.39. The molecule has 1 unspecified atom stereocenters. The number of aryl methyl sites for hydroxylation is 1. The third-order valence-corrected chi connectivity index (χ3v) is 6.58. The van der Waals surface area contributed by atoms with Gasteiger partial charge in [-0.15, -0.1) is 5.10 Å². The van der Waals surface area contributed by atoms with Crippen LogP contribution in [0.3, 0.4) is 0 Å². The van der Waals surface area contributed by atoms with Crippen LogP contribution in [0.25, 0.3) is 17.1 Å². The predicted molar refractivity (Wildman–Crippen MR) is 134 cm³/mol. The lowest BCUT2D eigenvalue weighted by Gasteiger charge is -2.34. The Morgan fingerprint density at radius 2 is 1.94 bits per heavy atom. The van der Waals surface area contributed by atoms with Crippen molar-refractivity contribution in [2.45, 2.75) is 52.2 Å². The van der Waals surface area contributed by atoms with Crippen LogP contribution in [0.4, 0.5) is 5.95 Å². The fourth-order valence-electron chi connectivity index (χ4n) is 4.81. The third kappa shape index (κ3) is 4.35. The molecule has 1 fully saturated rings. The highest BCUT2D eigenvalue weighted by Gasteiger charge is 2.26. The Labute approximate surface area is 200 Å². The third-order valence-electron chi connectivity index (χ3n) is 6.58. The maximum atomic E-state index is 10.1. The summed E-state index contributed by atoms with van der Waals surface area (Å²) in [5.74, 6) is 2.11. The van der Waals surface area contributed by atoms with Crippen LogP contribution in [-0.2, 0) is 6.61 Å².